The summed E-state index contributed by atoms with van der Waals surface area (Å²) in [5.74, 6) is 0.530. The summed E-state index contributed by atoms with van der Waals surface area (Å²) in [6.45, 7) is 2.88. The Hall–Kier alpha value is -1.95. The van der Waals surface area contributed by atoms with E-state index in [1.54, 1.807) is 6.20 Å². The van der Waals surface area contributed by atoms with Gasteiger partial charge in [0.15, 0.2) is 0 Å². The molecule has 23 heavy (non-hydrogen) atoms. The van der Waals surface area contributed by atoms with E-state index in [2.05, 4.69) is 15.6 Å². The topological polar surface area (TPSA) is 74.3 Å². The fourth-order valence-corrected chi connectivity index (χ4v) is 2.96. The molecule has 1 atom stereocenters. The maximum absolute atomic E-state index is 12.5. The zero-order valence-electron chi connectivity index (χ0n) is 13.3. The van der Waals surface area contributed by atoms with Crippen molar-refractivity contribution in [2.24, 2.45) is 5.92 Å². The van der Waals surface area contributed by atoms with Crippen molar-refractivity contribution in [1.29, 1.82) is 0 Å². The second kappa shape index (κ2) is 7.55. The SMILES string of the molecule is O=C(NCCCC(=O)N1CCNCC1c1cccnc1)C1CC1. The van der Waals surface area contributed by atoms with E-state index in [9.17, 15) is 9.59 Å². The number of piperazine rings is 1. The smallest absolute Gasteiger partial charge is 0.223 e. The summed E-state index contributed by atoms with van der Waals surface area (Å²) in [7, 11) is 0. The third-order valence-corrected chi connectivity index (χ3v) is 4.45. The van der Waals surface area contributed by atoms with E-state index in [0.29, 0.717) is 25.9 Å². The zero-order chi connectivity index (χ0) is 16.1. The van der Waals surface area contributed by atoms with E-state index in [1.807, 2.05) is 23.2 Å². The van der Waals surface area contributed by atoms with Crippen molar-refractivity contribution < 1.29 is 9.59 Å². The van der Waals surface area contributed by atoms with Crippen molar-refractivity contribution in [2.45, 2.75) is 31.7 Å². The number of nitrogens with zero attached hydrogens (tertiary/aromatic N) is 2. The monoisotopic (exact) mass is 316 g/mol. The molecule has 1 aromatic rings. The first kappa shape index (κ1) is 15.9. The number of amides is 2. The van der Waals surface area contributed by atoms with Gasteiger partial charge in [-0.15, -0.1) is 0 Å². The Morgan fingerprint density at radius 2 is 2.26 bits per heavy atom. The van der Waals surface area contributed by atoms with Crippen LogP contribution in [-0.2, 0) is 9.59 Å². The number of carbonyl (C=O) groups is 2. The summed E-state index contributed by atoms with van der Waals surface area (Å²) >= 11 is 0. The molecule has 1 unspecified atom stereocenters. The minimum atomic E-state index is 0.0472. The van der Waals surface area contributed by atoms with Gasteiger partial charge in [0.1, 0.15) is 0 Å². The molecule has 1 saturated carbocycles. The third kappa shape index (κ3) is 4.28. The minimum Gasteiger partial charge on any atom is -0.356 e. The Labute approximate surface area is 136 Å². The van der Waals surface area contributed by atoms with Gasteiger partial charge in [0.25, 0.3) is 0 Å². The number of hydrogen-bond donors (Lipinski definition) is 2. The van der Waals surface area contributed by atoms with Gasteiger partial charge in [-0.25, -0.2) is 0 Å². The van der Waals surface area contributed by atoms with Crippen LogP contribution >= 0.6 is 0 Å². The quantitative estimate of drug-likeness (QED) is 0.764. The molecule has 2 aliphatic rings. The number of carbonyl (C=O) groups excluding carboxylic acids is 2. The number of rotatable bonds is 6. The van der Waals surface area contributed by atoms with Gasteiger partial charge in [-0.3, -0.25) is 14.6 Å². The molecule has 1 aliphatic carbocycles. The van der Waals surface area contributed by atoms with E-state index in [1.165, 1.54) is 0 Å². The Morgan fingerprint density at radius 3 is 3.00 bits per heavy atom. The molecular formula is C17H24N4O2. The van der Waals surface area contributed by atoms with Crippen LogP contribution in [0.5, 0.6) is 0 Å². The fourth-order valence-electron chi connectivity index (χ4n) is 2.96. The lowest BCUT2D eigenvalue weighted by atomic mass is 10.0. The molecule has 1 aliphatic heterocycles. The van der Waals surface area contributed by atoms with Crippen LogP contribution in [0.3, 0.4) is 0 Å². The first-order valence-corrected chi connectivity index (χ1v) is 8.43. The summed E-state index contributed by atoms with van der Waals surface area (Å²) < 4.78 is 0. The Kier molecular flexibility index (Phi) is 5.23. The predicted octanol–water partition coefficient (Wildman–Crippen LogP) is 0.861. The molecule has 0 bridgehead atoms. The first-order valence-electron chi connectivity index (χ1n) is 8.43. The molecule has 0 radical (unpaired) electrons. The molecule has 2 heterocycles. The molecule has 2 N–H and O–H groups in total. The highest BCUT2D eigenvalue weighted by Crippen LogP contribution is 2.28. The van der Waals surface area contributed by atoms with E-state index in [-0.39, 0.29) is 23.8 Å². The van der Waals surface area contributed by atoms with Gasteiger partial charge in [0.2, 0.25) is 11.8 Å². The highest BCUT2D eigenvalue weighted by atomic mass is 16.2. The van der Waals surface area contributed by atoms with E-state index < -0.39 is 0 Å². The second-order valence-electron chi connectivity index (χ2n) is 6.26. The van der Waals surface area contributed by atoms with Crippen LogP contribution in [0.15, 0.2) is 24.5 Å². The lowest BCUT2D eigenvalue weighted by molar-refractivity contribution is -0.134. The molecule has 6 nitrogen and oxygen atoms in total. The van der Waals surface area contributed by atoms with Crippen molar-refractivity contribution in [3.63, 3.8) is 0 Å². The summed E-state index contributed by atoms with van der Waals surface area (Å²) in [6.07, 6.45) is 6.77. The van der Waals surface area contributed by atoms with Gasteiger partial charge < -0.3 is 15.5 Å². The van der Waals surface area contributed by atoms with Crippen molar-refractivity contribution in [1.82, 2.24) is 20.5 Å². The van der Waals surface area contributed by atoms with Crippen molar-refractivity contribution in [3.8, 4) is 0 Å². The minimum absolute atomic E-state index is 0.0472. The predicted molar refractivity (Wildman–Crippen MR) is 86.5 cm³/mol. The van der Waals surface area contributed by atoms with Crippen LogP contribution in [0.1, 0.15) is 37.3 Å². The maximum atomic E-state index is 12.5. The Morgan fingerprint density at radius 1 is 1.39 bits per heavy atom. The van der Waals surface area contributed by atoms with Gasteiger partial charge >= 0.3 is 0 Å². The van der Waals surface area contributed by atoms with E-state index in [4.69, 9.17) is 0 Å². The molecule has 0 aromatic carbocycles. The average molecular weight is 316 g/mol. The molecule has 2 fully saturated rings. The molecule has 1 aromatic heterocycles. The van der Waals surface area contributed by atoms with Crippen LogP contribution in [0.4, 0.5) is 0 Å². The largest absolute Gasteiger partial charge is 0.356 e. The molecule has 2 amide bonds. The van der Waals surface area contributed by atoms with Crippen LogP contribution < -0.4 is 10.6 Å². The lowest BCUT2D eigenvalue weighted by Crippen LogP contribution is -2.48. The second-order valence-corrected chi connectivity index (χ2v) is 6.26. The van der Waals surface area contributed by atoms with Gasteiger partial charge in [0.05, 0.1) is 6.04 Å². The number of hydrogen-bond acceptors (Lipinski definition) is 4. The van der Waals surface area contributed by atoms with Gasteiger partial charge in [-0.1, -0.05) is 6.07 Å². The summed E-state index contributed by atoms with van der Waals surface area (Å²) in [5, 5.41) is 6.25. The van der Waals surface area contributed by atoms with Crippen molar-refractivity contribution in [2.75, 3.05) is 26.2 Å². The lowest BCUT2D eigenvalue weighted by Gasteiger charge is -2.36. The molecule has 1 saturated heterocycles. The van der Waals surface area contributed by atoms with Crippen LogP contribution in [0, 0.1) is 5.92 Å². The first-order chi connectivity index (χ1) is 11.3. The Bertz CT molecular complexity index is 545. The van der Waals surface area contributed by atoms with Crippen molar-refractivity contribution in [3.05, 3.63) is 30.1 Å². The highest BCUT2D eigenvalue weighted by molar-refractivity contribution is 5.81. The zero-order valence-corrected chi connectivity index (χ0v) is 13.3. The van der Waals surface area contributed by atoms with Gasteiger partial charge in [-0.05, 0) is 30.9 Å². The third-order valence-electron chi connectivity index (χ3n) is 4.45. The summed E-state index contributed by atoms with van der Waals surface area (Å²) in [5.41, 5.74) is 1.06. The molecule has 6 heteroatoms. The maximum Gasteiger partial charge on any atom is 0.223 e. The summed E-state index contributed by atoms with van der Waals surface area (Å²) in [6, 6.07) is 3.96. The molecule has 124 valence electrons. The standard InChI is InChI=1S/C17H24N4O2/c22-16(4-2-8-20-17(23)13-5-6-13)21-10-9-19-12-15(21)14-3-1-7-18-11-14/h1,3,7,11,13,15,19H,2,4-6,8-10,12H2,(H,20,23). The van der Waals surface area contributed by atoms with Crippen LogP contribution in [0.2, 0.25) is 0 Å². The van der Waals surface area contributed by atoms with E-state index in [0.717, 1.165) is 31.5 Å². The average Bonchev–Trinajstić information content (AvgIpc) is 3.44. The van der Waals surface area contributed by atoms with Crippen LogP contribution in [-0.4, -0.2) is 47.9 Å². The normalized spacial score (nSPS) is 21.0. The molecule has 0 spiro atoms. The number of nitrogens with one attached hydrogen (secondary N) is 2. The molecule has 3 rings (SSSR count). The Balaban J connectivity index is 1.49. The van der Waals surface area contributed by atoms with Crippen molar-refractivity contribution >= 4 is 11.8 Å². The molecular weight excluding hydrogens is 292 g/mol. The van der Waals surface area contributed by atoms with Crippen LogP contribution in [0.25, 0.3) is 0 Å². The highest BCUT2D eigenvalue weighted by Gasteiger charge is 2.29. The van der Waals surface area contributed by atoms with E-state index >= 15 is 0 Å². The van der Waals surface area contributed by atoms with Gasteiger partial charge in [0, 0.05) is 50.9 Å². The van der Waals surface area contributed by atoms with Gasteiger partial charge in [-0.2, -0.15) is 0 Å². The number of aromatic nitrogens is 1. The fraction of sp³-hybridized carbons (Fsp3) is 0.588. The summed E-state index contributed by atoms with van der Waals surface area (Å²) in [4.78, 5) is 30.2. The number of pyridine rings is 1.